The van der Waals surface area contributed by atoms with E-state index in [1.807, 2.05) is 0 Å². The summed E-state index contributed by atoms with van der Waals surface area (Å²) in [7, 11) is 0. The van der Waals surface area contributed by atoms with Crippen LogP contribution in [0, 0.1) is 0 Å². The number of hydrogen-bond acceptors (Lipinski definition) is 3. The Morgan fingerprint density at radius 2 is 1.83 bits per heavy atom. The van der Waals surface area contributed by atoms with Crippen molar-refractivity contribution in [3.63, 3.8) is 0 Å². The maximum Gasteiger partial charge on any atom is 0.182 e. The molecule has 2 aliphatic heterocycles. The Kier molecular flexibility index (Phi) is 5.35. The first kappa shape index (κ1) is 15.7. The highest BCUT2D eigenvalue weighted by Crippen LogP contribution is 2.17. The first-order chi connectivity index (χ1) is 11.4. The first-order valence-electron chi connectivity index (χ1n) is 8.57. The van der Waals surface area contributed by atoms with Crippen LogP contribution >= 0.6 is 0 Å². The third kappa shape index (κ3) is 4.15. The van der Waals surface area contributed by atoms with Crippen LogP contribution in [0.15, 0.2) is 42.9 Å². The van der Waals surface area contributed by atoms with Gasteiger partial charge in [0, 0.05) is 19.2 Å². The lowest BCUT2D eigenvalue weighted by Gasteiger charge is -2.14. The van der Waals surface area contributed by atoms with Gasteiger partial charge in [0.25, 0.3) is 0 Å². The van der Waals surface area contributed by atoms with Crippen molar-refractivity contribution in [2.75, 3.05) is 0 Å². The molecule has 1 aromatic carbocycles. The number of rotatable bonds is 8. The number of aryl methyl sites for hydroxylation is 3. The average molecular weight is 308 g/mol. The van der Waals surface area contributed by atoms with Crippen LogP contribution in [0.1, 0.15) is 44.0 Å². The van der Waals surface area contributed by atoms with Gasteiger partial charge in [-0.25, -0.2) is 15.0 Å². The van der Waals surface area contributed by atoms with E-state index in [1.165, 1.54) is 18.4 Å². The highest BCUT2D eigenvalue weighted by atomic mass is 15.1. The van der Waals surface area contributed by atoms with Crippen molar-refractivity contribution in [3.05, 3.63) is 54.2 Å². The molecule has 1 aromatic rings. The molecule has 2 aliphatic rings. The molecule has 4 heteroatoms. The van der Waals surface area contributed by atoms with E-state index in [4.69, 9.17) is 4.98 Å². The van der Waals surface area contributed by atoms with Crippen molar-refractivity contribution in [2.24, 2.45) is 0 Å². The number of hydrogen-bond donors (Lipinski definition) is 0. The summed E-state index contributed by atoms with van der Waals surface area (Å²) < 4.78 is 2.28. The van der Waals surface area contributed by atoms with Crippen molar-refractivity contribution < 1.29 is 0 Å². The molecular weight excluding hydrogens is 284 g/mol. The molecule has 0 fully saturated rings. The van der Waals surface area contributed by atoms with Gasteiger partial charge >= 0.3 is 0 Å². The standard InChI is InChI=1S/C19H24N4/c1-2-3-12-18-22-19-17(20-15-21-19)14-23(18)13-8-7-11-16-9-5-4-6-10-16/h4-6,9-10,14-15H,2-3,7-8,11-13H2,1H3. The third-order valence-corrected chi connectivity index (χ3v) is 4.16. The SMILES string of the molecule is CCCCc1nc2ncnc-2cn1CCCCc1ccccc1. The summed E-state index contributed by atoms with van der Waals surface area (Å²) in [6.07, 6.45) is 10.5. The molecular formula is C19H24N4. The topological polar surface area (TPSA) is 43.6 Å². The highest BCUT2D eigenvalue weighted by molar-refractivity contribution is 5.48. The fourth-order valence-corrected chi connectivity index (χ4v) is 2.84. The Morgan fingerprint density at radius 1 is 0.957 bits per heavy atom. The lowest BCUT2D eigenvalue weighted by Crippen LogP contribution is -2.11. The zero-order valence-corrected chi connectivity index (χ0v) is 13.8. The Morgan fingerprint density at radius 3 is 2.65 bits per heavy atom. The molecule has 0 spiro atoms. The molecule has 4 nitrogen and oxygen atoms in total. The second-order valence-electron chi connectivity index (χ2n) is 5.98. The second-order valence-corrected chi connectivity index (χ2v) is 5.98. The molecule has 3 rings (SSSR count). The highest BCUT2D eigenvalue weighted by Gasteiger charge is 2.12. The van der Waals surface area contributed by atoms with Gasteiger partial charge in [-0.3, -0.25) is 0 Å². The molecule has 0 atom stereocenters. The Labute approximate surface area is 138 Å². The van der Waals surface area contributed by atoms with Crippen molar-refractivity contribution in [1.29, 1.82) is 0 Å². The molecule has 0 radical (unpaired) electrons. The minimum absolute atomic E-state index is 0.775. The lowest BCUT2D eigenvalue weighted by atomic mass is 10.1. The minimum Gasteiger partial charge on any atom is -0.334 e. The molecule has 0 bridgehead atoms. The average Bonchev–Trinajstić information content (AvgIpc) is 3.04. The quantitative estimate of drug-likeness (QED) is 0.587. The van der Waals surface area contributed by atoms with E-state index in [2.05, 4.69) is 58.0 Å². The monoisotopic (exact) mass is 308 g/mol. The van der Waals surface area contributed by atoms with E-state index in [0.717, 1.165) is 49.6 Å². The fraction of sp³-hybridized carbons (Fsp3) is 0.421. The van der Waals surface area contributed by atoms with E-state index < -0.39 is 0 Å². The van der Waals surface area contributed by atoms with Gasteiger partial charge in [-0.15, -0.1) is 0 Å². The third-order valence-electron chi connectivity index (χ3n) is 4.16. The van der Waals surface area contributed by atoms with Gasteiger partial charge in [0.1, 0.15) is 17.8 Å². The molecule has 120 valence electrons. The molecule has 0 aliphatic carbocycles. The fourth-order valence-electron chi connectivity index (χ4n) is 2.84. The largest absolute Gasteiger partial charge is 0.334 e. The number of benzene rings is 1. The Balaban J connectivity index is 1.62. The van der Waals surface area contributed by atoms with Crippen molar-refractivity contribution in [1.82, 2.24) is 19.5 Å². The van der Waals surface area contributed by atoms with E-state index in [-0.39, 0.29) is 0 Å². The van der Waals surface area contributed by atoms with Crippen LogP contribution in [0.25, 0.3) is 11.5 Å². The van der Waals surface area contributed by atoms with Crippen LogP contribution in [0.2, 0.25) is 0 Å². The number of imidazole rings is 1. The molecule has 0 unspecified atom stereocenters. The van der Waals surface area contributed by atoms with Crippen molar-refractivity contribution in [3.8, 4) is 11.5 Å². The van der Waals surface area contributed by atoms with E-state index in [0.29, 0.717) is 0 Å². The van der Waals surface area contributed by atoms with Gasteiger partial charge < -0.3 is 4.57 Å². The molecule has 2 heterocycles. The summed E-state index contributed by atoms with van der Waals surface area (Å²) in [5.41, 5.74) is 2.31. The predicted molar refractivity (Wildman–Crippen MR) is 92.4 cm³/mol. The van der Waals surface area contributed by atoms with Gasteiger partial charge in [-0.1, -0.05) is 43.7 Å². The van der Waals surface area contributed by atoms with E-state index in [9.17, 15) is 0 Å². The molecule has 23 heavy (non-hydrogen) atoms. The zero-order valence-electron chi connectivity index (χ0n) is 13.8. The van der Waals surface area contributed by atoms with Gasteiger partial charge in [0.05, 0.1) is 0 Å². The second kappa shape index (κ2) is 7.86. The zero-order chi connectivity index (χ0) is 15.9. The summed E-state index contributed by atoms with van der Waals surface area (Å²) in [4.78, 5) is 13.2. The van der Waals surface area contributed by atoms with Crippen LogP contribution in [0.5, 0.6) is 0 Å². The summed E-state index contributed by atoms with van der Waals surface area (Å²) in [5, 5.41) is 0. The molecule has 0 amide bonds. The maximum absolute atomic E-state index is 4.70. The predicted octanol–water partition coefficient (Wildman–Crippen LogP) is 4.14. The van der Waals surface area contributed by atoms with Gasteiger partial charge in [-0.2, -0.15) is 0 Å². The summed E-state index contributed by atoms with van der Waals surface area (Å²) in [6, 6.07) is 10.7. The van der Waals surface area contributed by atoms with E-state index >= 15 is 0 Å². The van der Waals surface area contributed by atoms with Gasteiger partial charge in [0.2, 0.25) is 0 Å². The molecule has 0 saturated carbocycles. The minimum atomic E-state index is 0.775. The lowest BCUT2D eigenvalue weighted by molar-refractivity contribution is 0.562. The summed E-state index contributed by atoms with van der Waals surface area (Å²) >= 11 is 0. The Hall–Kier alpha value is -2.23. The van der Waals surface area contributed by atoms with Crippen molar-refractivity contribution >= 4 is 0 Å². The van der Waals surface area contributed by atoms with Crippen LogP contribution < -0.4 is 0 Å². The van der Waals surface area contributed by atoms with Gasteiger partial charge in [0.15, 0.2) is 5.82 Å². The van der Waals surface area contributed by atoms with Gasteiger partial charge in [-0.05, 0) is 31.2 Å². The first-order valence-corrected chi connectivity index (χ1v) is 8.57. The maximum atomic E-state index is 4.70. The molecule has 0 N–H and O–H groups in total. The van der Waals surface area contributed by atoms with E-state index in [1.54, 1.807) is 6.33 Å². The van der Waals surface area contributed by atoms with Crippen LogP contribution in [0.4, 0.5) is 0 Å². The summed E-state index contributed by atoms with van der Waals surface area (Å²) in [6.45, 7) is 3.22. The normalized spacial score (nSPS) is 11.2. The van der Waals surface area contributed by atoms with Crippen LogP contribution in [-0.4, -0.2) is 19.5 Å². The van der Waals surface area contributed by atoms with Crippen LogP contribution in [-0.2, 0) is 19.4 Å². The van der Waals surface area contributed by atoms with Crippen molar-refractivity contribution in [2.45, 2.75) is 52.0 Å². The van der Waals surface area contributed by atoms with Crippen LogP contribution in [0.3, 0.4) is 0 Å². The Bertz CT molecular complexity index is 690. The molecule has 0 saturated heterocycles. The summed E-state index contributed by atoms with van der Waals surface area (Å²) in [5.74, 6) is 1.91. The number of aromatic nitrogens is 4. The number of fused-ring (bicyclic) bond motifs is 1. The molecule has 0 aromatic heterocycles. The number of unbranched alkanes of at least 4 members (excludes halogenated alkanes) is 2. The number of nitrogens with zero attached hydrogens (tertiary/aromatic N) is 4. The smallest absolute Gasteiger partial charge is 0.182 e.